The number of thiocarbonyl (C=S) groups is 1. The predicted molar refractivity (Wildman–Crippen MR) is 130 cm³/mol. The Bertz CT molecular complexity index is 943. The molecule has 8 nitrogen and oxygen atoms in total. The molecule has 0 atom stereocenters. The number of likely N-dealkylation sites (tertiary alicyclic amines) is 1. The molecule has 3 rings (SSSR count). The van der Waals surface area contributed by atoms with E-state index in [9.17, 15) is 14.4 Å². The molecule has 10 heteroatoms. The van der Waals surface area contributed by atoms with Gasteiger partial charge < -0.3 is 19.1 Å². The first-order valence-electron chi connectivity index (χ1n) is 10.9. The van der Waals surface area contributed by atoms with Crippen LogP contribution in [-0.2, 0) is 19.1 Å². The molecule has 2 fully saturated rings. The van der Waals surface area contributed by atoms with Crippen molar-refractivity contribution in [1.29, 1.82) is 0 Å². The number of methoxy groups -OCH3 is 1. The maximum atomic E-state index is 12.7. The summed E-state index contributed by atoms with van der Waals surface area (Å²) in [7, 11) is 1.52. The van der Waals surface area contributed by atoms with E-state index in [-0.39, 0.29) is 37.4 Å². The summed E-state index contributed by atoms with van der Waals surface area (Å²) in [5.74, 6) is 0.276. The molecule has 0 bridgehead atoms. The van der Waals surface area contributed by atoms with E-state index in [0.29, 0.717) is 27.3 Å². The average Bonchev–Trinajstić information content (AvgIpc) is 3.09. The quantitative estimate of drug-likeness (QED) is 0.295. The van der Waals surface area contributed by atoms with E-state index >= 15 is 0 Å². The summed E-state index contributed by atoms with van der Waals surface area (Å²) < 4.78 is 16.5. The molecule has 2 aliphatic heterocycles. The molecule has 33 heavy (non-hydrogen) atoms. The third-order valence-electron chi connectivity index (χ3n) is 5.26. The highest BCUT2D eigenvalue weighted by Crippen LogP contribution is 2.35. The van der Waals surface area contributed by atoms with Gasteiger partial charge in [-0.25, -0.2) is 0 Å². The van der Waals surface area contributed by atoms with Crippen LogP contribution in [0.25, 0.3) is 6.08 Å². The number of ether oxygens (including phenoxy) is 3. The third kappa shape index (κ3) is 6.70. The zero-order valence-electron chi connectivity index (χ0n) is 18.8. The summed E-state index contributed by atoms with van der Waals surface area (Å²) in [4.78, 5) is 40.4. The van der Waals surface area contributed by atoms with Gasteiger partial charge in [0.05, 0.1) is 25.0 Å². The van der Waals surface area contributed by atoms with Crippen molar-refractivity contribution in [3.05, 3.63) is 28.7 Å². The summed E-state index contributed by atoms with van der Waals surface area (Å²) in [6, 6.07) is 5.25. The van der Waals surface area contributed by atoms with Crippen LogP contribution in [0.4, 0.5) is 0 Å². The van der Waals surface area contributed by atoms with Crippen LogP contribution in [0, 0.1) is 0 Å². The minimum Gasteiger partial charge on any atom is -0.493 e. The molecule has 0 aliphatic carbocycles. The summed E-state index contributed by atoms with van der Waals surface area (Å²) >= 11 is 6.49. The number of amides is 2. The monoisotopic (exact) mass is 492 g/mol. The van der Waals surface area contributed by atoms with E-state index in [1.165, 1.54) is 23.8 Å². The van der Waals surface area contributed by atoms with Crippen molar-refractivity contribution in [3.63, 3.8) is 0 Å². The van der Waals surface area contributed by atoms with Crippen molar-refractivity contribution in [1.82, 2.24) is 9.80 Å². The second-order valence-electron chi connectivity index (χ2n) is 7.53. The summed E-state index contributed by atoms with van der Waals surface area (Å²) in [6.45, 7) is 3.71. The van der Waals surface area contributed by atoms with Crippen LogP contribution in [0.2, 0.25) is 0 Å². The molecule has 0 radical (unpaired) electrons. The van der Waals surface area contributed by atoms with Crippen LogP contribution in [0.15, 0.2) is 23.1 Å². The first kappa shape index (κ1) is 25.0. The number of esters is 1. The van der Waals surface area contributed by atoms with E-state index in [4.69, 9.17) is 26.4 Å². The van der Waals surface area contributed by atoms with Crippen LogP contribution in [0.5, 0.6) is 11.5 Å². The van der Waals surface area contributed by atoms with Crippen LogP contribution in [0.1, 0.15) is 38.2 Å². The molecule has 1 aromatic carbocycles. The number of piperidine rings is 1. The van der Waals surface area contributed by atoms with E-state index in [2.05, 4.69) is 0 Å². The Morgan fingerprint density at radius 3 is 2.64 bits per heavy atom. The second-order valence-corrected chi connectivity index (χ2v) is 9.20. The molecule has 0 unspecified atom stereocenters. The molecule has 0 spiro atoms. The normalized spacial score (nSPS) is 17.5. The summed E-state index contributed by atoms with van der Waals surface area (Å²) in [5, 5.41) is 0. The lowest BCUT2D eigenvalue weighted by Crippen LogP contribution is -2.38. The number of rotatable bonds is 9. The van der Waals surface area contributed by atoms with E-state index in [1.54, 1.807) is 31.2 Å². The molecule has 0 saturated carbocycles. The van der Waals surface area contributed by atoms with Crippen molar-refractivity contribution >= 4 is 52.2 Å². The fourth-order valence-electron chi connectivity index (χ4n) is 3.55. The molecule has 2 aliphatic rings. The molecule has 2 amide bonds. The SMILES string of the molecule is CCOC(=O)CCN1C(=O)/C(=C\c2ccc(OCC(=O)N3CCCCC3)c(OC)c2)SC1=S. The lowest BCUT2D eigenvalue weighted by Gasteiger charge is -2.26. The van der Waals surface area contributed by atoms with Crippen molar-refractivity contribution in [2.45, 2.75) is 32.6 Å². The fraction of sp³-hybridized carbons (Fsp3) is 0.478. The topological polar surface area (TPSA) is 85.4 Å². The lowest BCUT2D eigenvalue weighted by atomic mass is 10.1. The molecule has 2 heterocycles. The van der Waals surface area contributed by atoms with Gasteiger partial charge in [0.2, 0.25) is 0 Å². The Kier molecular flexibility index (Phi) is 9.13. The molecule has 1 aromatic rings. The predicted octanol–water partition coefficient (Wildman–Crippen LogP) is 3.24. The Hall–Kier alpha value is -2.59. The first-order chi connectivity index (χ1) is 15.9. The van der Waals surface area contributed by atoms with E-state index in [0.717, 1.165) is 37.9 Å². The number of thioether (sulfide) groups is 1. The van der Waals surface area contributed by atoms with Crippen LogP contribution in [0.3, 0.4) is 0 Å². The molecule has 178 valence electrons. The number of nitrogens with zero attached hydrogens (tertiary/aromatic N) is 2. The van der Waals surface area contributed by atoms with Gasteiger partial charge in [-0.05, 0) is 50.0 Å². The van der Waals surface area contributed by atoms with Gasteiger partial charge in [-0.2, -0.15) is 0 Å². The molecule has 0 aromatic heterocycles. The molecule has 0 N–H and O–H groups in total. The van der Waals surface area contributed by atoms with Crippen molar-refractivity contribution < 1.29 is 28.6 Å². The van der Waals surface area contributed by atoms with Crippen LogP contribution >= 0.6 is 24.0 Å². The van der Waals surface area contributed by atoms with Gasteiger partial charge >= 0.3 is 5.97 Å². The molecular formula is C23H28N2O6S2. The zero-order chi connectivity index (χ0) is 23.8. The van der Waals surface area contributed by atoms with Gasteiger partial charge in [0, 0.05) is 19.6 Å². The van der Waals surface area contributed by atoms with Crippen LogP contribution < -0.4 is 9.47 Å². The first-order valence-corrected chi connectivity index (χ1v) is 12.1. The van der Waals surface area contributed by atoms with Gasteiger partial charge in [-0.3, -0.25) is 19.3 Å². The highest BCUT2D eigenvalue weighted by atomic mass is 32.2. The van der Waals surface area contributed by atoms with E-state index in [1.807, 2.05) is 4.90 Å². The Balaban J connectivity index is 1.63. The zero-order valence-corrected chi connectivity index (χ0v) is 20.5. The molecule has 2 saturated heterocycles. The fourth-order valence-corrected chi connectivity index (χ4v) is 4.86. The van der Waals surface area contributed by atoms with Gasteiger partial charge in [0.25, 0.3) is 11.8 Å². The maximum absolute atomic E-state index is 12.7. The second kappa shape index (κ2) is 12.0. The number of hydrogen-bond acceptors (Lipinski definition) is 8. The maximum Gasteiger partial charge on any atom is 0.307 e. The van der Waals surface area contributed by atoms with Crippen molar-refractivity contribution in [3.8, 4) is 11.5 Å². The Morgan fingerprint density at radius 1 is 1.18 bits per heavy atom. The van der Waals surface area contributed by atoms with Gasteiger partial charge in [-0.1, -0.05) is 30.0 Å². The number of hydrogen-bond donors (Lipinski definition) is 0. The lowest BCUT2D eigenvalue weighted by molar-refractivity contribution is -0.143. The minimum atomic E-state index is -0.366. The van der Waals surface area contributed by atoms with Crippen LogP contribution in [-0.4, -0.2) is 71.9 Å². The third-order valence-corrected chi connectivity index (χ3v) is 6.64. The summed E-state index contributed by atoms with van der Waals surface area (Å²) in [5.41, 5.74) is 0.729. The smallest absolute Gasteiger partial charge is 0.307 e. The van der Waals surface area contributed by atoms with Gasteiger partial charge in [-0.15, -0.1) is 0 Å². The molecular weight excluding hydrogens is 464 g/mol. The van der Waals surface area contributed by atoms with Crippen molar-refractivity contribution in [2.75, 3.05) is 40.0 Å². The van der Waals surface area contributed by atoms with Crippen molar-refractivity contribution in [2.24, 2.45) is 0 Å². The highest BCUT2D eigenvalue weighted by Gasteiger charge is 2.32. The summed E-state index contributed by atoms with van der Waals surface area (Å²) in [6.07, 6.45) is 5.01. The highest BCUT2D eigenvalue weighted by molar-refractivity contribution is 8.26. The number of carbonyl (C=O) groups excluding carboxylic acids is 3. The van der Waals surface area contributed by atoms with E-state index < -0.39 is 0 Å². The number of benzene rings is 1. The Morgan fingerprint density at radius 2 is 1.94 bits per heavy atom. The number of carbonyl (C=O) groups is 3. The standard InChI is InChI=1S/C23H28N2O6S2/c1-3-30-21(27)9-12-25-22(28)19(33-23(25)32)14-16-7-8-17(18(13-16)29-2)31-15-20(26)24-10-5-4-6-11-24/h7-8,13-14H,3-6,9-12,15H2,1-2H3/b19-14+. The Labute approximate surface area is 203 Å². The van der Waals surface area contributed by atoms with Gasteiger partial charge in [0.15, 0.2) is 18.1 Å². The minimum absolute atomic E-state index is 0.0349. The largest absolute Gasteiger partial charge is 0.493 e. The van der Waals surface area contributed by atoms with Gasteiger partial charge in [0.1, 0.15) is 4.32 Å². The average molecular weight is 493 g/mol.